The van der Waals surface area contributed by atoms with Gasteiger partial charge in [-0.05, 0) is 0 Å². The van der Waals surface area contributed by atoms with E-state index in [1.165, 1.54) is 12.8 Å². The van der Waals surface area contributed by atoms with Gasteiger partial charge >= 0.3 is 0 Å². The lowest BCUT2D eigenvalue weighted by Gasteiger charge is -2.16. The van der Waals surface area contributed by atoms with Gasteiger partial charge in [-0.3, -0.25) is 0 Å². The Kier molecular flexibility index (Phi) is 1.21. The molecule has 1 aliphatic carbocycles. The van der Waals surface area contributed by atoms with Crippen molar-refractivity contribution in [2.75, 3.05) is 0 Å². The van der Waals surface area contributed by atoms with E-state index in [4.69, 9.17) is 6.57 Å². The standard InChI is InChI=1S/C7H13NSi/c1-8-7(5-6-7)9(2,3)4/h5-6H2,2-4H3. The van der Waals surface area contributed by atoms with Crippen LogP contribution in [0.1, 0.15) is 12.8 Å². The Morgan fingerprint density at radius 1 is 1.33 bits per heavy atom. The van der Waals surface area contributed by atoms with Crippen LogP contribution in [0.3, 0.4) is 0 Å². The van der Waals surface area contributed by atoms with Gasteiger partial charge in [0.2, 0.25) is 5.16 Å². The summed E-state index contributed by atoms with van der Waals surface area (Å²) in [5.74, 6) is 0. The smallest absolute Gasteiger partial charge is 0.211 e. The molecule has 0 radical (unpaired) electrons. The zero-order chi connectivity index (χ0) is 7.12. The van der Waals surface area contributed by atoms with E-state index in [1.807, 2.05) is 0 Å². The van der Waals surface area contributed by atoms with Gasteiger partial charge in [-0.15, -0.1) is 0 Å². The molecule has 0 aliphatic heterocycles. The number of hydrogen-bond acceptors (Lipinski definition) is 0. The predicted molar refractivity (Wildman–Crippen MR) is 41.9 cm³/mol. The molecule has 0 aromatic heterocycles. The van der Waals surface area contributed by atoms with Crippen LogP contribution in [-0.2, 0) is 0 Å². The van der Waals surface area contributed by atoms with E-state index in [9.17, 15) is 0 Å². The molecule has 0 heterocycles. The molecule has 1 saturated carbocycles. The highest BCUT2D eigenvalue weighted by Crippen LogP contribution is 2.47. The van der Waals surface area contributed by atoms with Gasteiger partial charge in [0.05, 0.1) is 0 Å². The molecule has 1 rings (SSSR count). The second-order valence-corrected chi connectivity index (χ2v) is 9.32. The zero-order valence-corrected chi connectivity index (χ0v) is 7.36. The average molecular weight is 139 g/mol. The van der Waals surface area contributed by atoms with Crippen LogP contribution < -0.4 is 0 Å². The maximum atomic E-state index is 6.98. The zero-order valence-electron chi connectivity index (χ0n) is 6.36. The molecule has 0 amide bonds. The molecule has 0 spiro atoms. The minimum Gasteiger partial charge on any atom is -0.316 e. The fraction of sp³-hybridized carbons (Fsp3) is 0.857. The lowest BCUT2D eigenvalue weighted by Crippen LogP contribution is -2.37. The van der Waals surface area contributed by atoms with E-state index in [-0.39, 0.29) is 5.16 Å². The molecule has 0 N–H and O–H groups in total. The second-order valence-electron chi connectivity index (χ2n) is 3.89. The Morgan fingerprint density at radius 3 is 1.78 bits per heavy atom. The first-order valence-corrected chi connectivity index (χ1v) is 6.90. The summed E-state index contributed by atoms with van der Waals surface area (Å²) in [5.41, 5.74) is 0. The van der Waals surface area contributed by atoms with Crippen LogP contribution in [0, 0.1) is 6.57 Å². The molecular weight excluding hydrogens is 126 g/mol. The van der Waals surface area contributed by atoms with E-state index in [0.29, 0.717) is 0 Å². The fourth-order valence-electron chi connectivity index (χ4n) is 1.15. The van der Waals surface area contributed by atoms with Crippen molar-refractivity contribution < 1.29 is 0 Å². The van der Waals surface area contributed by atoms with E-state index in [0.717, 1.165) is 0 Å². The topological polar surface area (TPSA) is 4.36 Å². The Labute approximate surface area is 57.9 Å². The van der Waals surface area contributed by atoms with Crippen LogP contribution in [0.5, 0.6) is 0 Å². The van der Waals surface area contributed by atoms with E-state index >= 15 is 0 Å². The quantitative estimate of drug-likeness (QED) is 0.388. The first-order valence-electron chi connectivity index (χ1n) is 3.40. The largest absolute Gasteiger partial charge is 0.316 e. The Balaban J connectivity index is 2.75. The molecule has 0 saturated heterocycles. The molecule has 1 aliphatic rings. The van der Waals surface area contributed by atoms with Gasteiger partial charge in [-0.2, -0.15) is 0 Å². The van der Waals surface area contributed by atoms with Crippen LogP contribution in [-0.4, -0.2) is 13.2 Å². The average Bonchev–Trinajstić information content (AvgIpc) is 2.40. The molecule has 0 atom stereocenters. The summed E-state index contributed by atoms with van der Waals surface area (Å²) in [6.45, 7) is 13.9. The van der Waals surface area contributed by atoms with Crippen LogP contribution in [0.2, 0.25) is 19.6 Å². The first kappa shape index (κ1) is 6.82. The van der Waals surface area contributed by atoms with Crippen molar-refractivity contribution in [1.82, 2.24) is 0 Å². The van der Waals surface area contributed by atoms with Gasteiger partial charge in [0.1, 0.15) is 8.07 Å². The molecule has 2 heteroatoms. The van der Waals surface area contributed by atoms with Crippen LogP contribution in [0.4, 0.5) is 0 Å². The van der Waals surface area contributed by atoms with Crippen molar-refractivity contribution in [2.45, 2.75) is 37.6 Å². The van der Waals surface area contributed by atoms with Crippen LogP contribution in [0.15, 0.2) is 0 Å². The molecule has 1 nitrogen and oxygen atoms in total. The van der Waals surface area contributed by atoms with Crippen LogP contribution >= 0.6 is 0 Å². The van der Waals surface area contributed by atoms with Crippen molar-refractivity contribution in [1.29, 1.82) is 0 Å². The van der Waals surface area contributed by atoms with E-state index in [1.54, 1.807) is 0 Å². The maximum absolute atomic E-state index is 6.98. The molecule has 0 bridgehead atoms. The third kappa shape index (κ3) is 0.899. The highest BCUT2D eigenvalue weighted by molar-refractivity contribution is 6.80. The highest BCUT2D eigenvalue weighted by atomic mass is 28.3. The number of nitrogens with zero attached hydrogens (tertiary/aromatic N) is 1. The van der Waals surface area contributed by atoms with E-state index < -0.39 is 8.07 Å². The summed E-state index contributed by atoms with van der Waals surface area (Å²) < 4.78 is 0. The van der Waals surface area contributed by atoms with E-state index in [2.05, 4.69) is 24.5 Å². The van der Waals surface area contributed by atoms with Gasteiger partial charge in [0, 0.05) is 12.8 Å². The monoisotopic (exact) mass is 139 g/mol. The highest BCUT2D eigenvalue weighted by Gasteiger charge is 2.60. The fourth-order valence-corrected chi connectivity index (χ4v) is 3.11. The Bertz CT molecular complexity index is 157. The van der Waals surface area contributed by atoms with Gasteiger partial charge in [0.15, 0.2) is 0 Å². The second kappa shape index (κ2) is 1.60. The molecule has 50 valence electrons. The lowest BCUT2D eigenvalue weighted by atomic mass is 10.7. The van der Waals surface area contributed by atoms with Crippen molar-refractivity contribution in [2.24, 2.45) is 0 Å². The molecule has 1 fully saturated rings. The summed E-state index contributed by atoms with van der Waals surface area (Å²) in [6.07, 6.45) is 2.35. The van der Waals surface area contributed by atoms with Gasteiger partial charge in [0.25, 0.3) is 0 Å². The molecule has 0 aromatic carbocycles. The molecule has 9 heavy (non-hydrogen) atoms. The minimum absolute atomic E-state index is 0.160. The Hall–Kier alpha value is -0.293. The van der Waals surface area contributed by atoms with Crippen molar-refractivity contribution in [3.05, 3.63) is 11.4 Å². The summed E-state index contributed by atoms with van der Waals surface area (Å²) in [6, 6.07) is 0. The summed E-state index contributed by atoms with van der Waals surface area (Å²) in [4.78, 5) is 3.71. The molecular formula is C7H13NSi. The normalized spacial score (nSPS) is 22.9. The van der Waals surface area contributed by atoms with Gasteiger partial charge in [-0.25, -0.2) is 6.57 Å². The summed E-state index contributed by atoms with van der Waals surface area (Å²) in [7, 11) is -1.13. The lowest BCUT2D eigenvalue weighted by molar-refractivity contribution is 1.08. The third-order valence-electron chi connectivity index (χ3n) is 2.33. The van der Waals surface area contributed by atoms with Gasteiger partial charge < -0.3 is 4.85 Å². The maximum Gasteiger partial charge on any atom is 0.211 e. The van der Waals surface area contributed by atoms with Crippen molar-refractivity contribution in [3.63, 3.8) is 0 Å². The predicted octanol–water partition coefficient (Wildman–Crippen LogP) is 2.32. The SMILES string of the molecule is [C-]#[N+]C1([Si](C)(C)C)CC1. The van der Waals surface area contributed by atoms with Crippen molar-refractivity contribution in [3.8, 4) is 0 Å². The van der Waals surface area contributed by atoms with Gasteiger partial charge in [-0.1, -0.05) is 19.6 Å². The minimum atomic E-state index is -1.13. The number of hydrogen-bond donors (Lipinski definition) is 0. The molecule has 0 aromatic rings. The molecule has 0 unspecified atom stereocenters. The Morgan fingerprint density at radius 2 is 1.78 bits per heavy atom. The van der Waals surface area contributed by atoms with Crippen LogP contribution in [0.25, 0.3) is 4.85 Å². The summed E-state index contributed by atoms with van der Waals surface area (Å²) >= 11 is 0. The first-order chi connectivity index (χ1) is 4.02. The number of rotatable bonds is 1. The van der Waals surface area contributed by atoms with Crippen molar-refractivity contribution >= 4 is 8.07 Å². The third-order valence-corrected chi connectivity index (χ3v) is 5.74. The summed E-state index contributed by atoms with van der Waals surface area (Å²) in [5, 5.41) is 0.160.